The molecule has 0 aliphatic carbocycles. The Morgan fingerprint density at radius 3 is 2.24 bits per heavy atom. The Morgan fingerprint density at radius 1 is 0.920 bits per heavy atom. The van der Waals surface area contributed by atoms with Crippen molar-refractivity contribution in [3.63, 3.8) is 0 Å². The van der Waals surface area contributed by atoms with E-state index >= 15 is 0 Å². The van der Waals surface area contributed by atoms with Crippen LogP contribution in [0.25, 0.3) is 0 Å². The van der Waals surface area contributed by atoms with E-state index in [1.54, 1.807) is 0 Å². The molecule has 2 saturated heterocycles. The number of nitrogens with zero attached hydrogens (tertiary/aromatic N) is 3. The van der Waals surface area contributed by atoms with Crippen LogP contribution in [-0.4, -0.2) is 75.2 Å². The zero-order valence-electron chi connectivity index (χ0n) is 16.7. The first-order valence-electron chi connectivity index (χ1n) is 10.7. The average molecular weight is 352 g/mol. The Balaban J connectivity index is 1.53. The molecule has 0 amide bonds. The number of hydrogen-bond donors (Lipinski definition) is 2. The first-order chi connectivity index (χ1) is 12.3. The van der Waals surface area contributed by atoms with Crippen LogP contribution < -0.4 is 10.6 Å². The van der Waals surface area contributed by atoms with Crippen LogP contribution in [0, 0.1) is 5.92 Å². The maximum Gasteiger partial charge on any atom is 0.190 e. The molecule has 5 heteroatoms. The first kappa shape index (κ1) is 20.5. The van der Waals surface area contributed by atoms with Gasteiger partial charge in [0.2, 0.25) is 0 Å². The van der Waals surface area contributed by atoms with Gasteiger partial charge in [0.25, 0.3) is 0 Å². The summed E-state index contributed by atoms with van der Waals surface area (Å²) in [5, 5.41) is 7.04. The Kier molecular flexibility index (Phi) is 10.3. The Bertz CT molecular complexity index is 355. The molecular weight excluding hydrogens is 310 g/mol. The van der Waals surface area contributed by atoms with Crippen molar-refractivity contribution in [1.82, 2.24) is 20.4 Å². The van der Waals surface area contributed by atoms with Crippen LogP contribution in [0.2, 0.25) is 0 Å². The Labute approximate surface area is 155 Å². The molecule has 5 nitrogen and oxygen atoms in total. The highest BCUT2D eigenvalue weighted by molar-refractivity contribution is 5.79. The summed E-state index contributed by atoms with van der Waals surface area (Å²) in [5.41, 5.74) is 0. The highest BCUT2D eigenvalue weighted by Crippen LogP contribution is 2.16. The second-order valence-electron chi connectivity index (χ2n) is 7.77. The topological polar surface area (TPSA) is 42.9 Å². The van der Waals surface area contributed by atoms with Gasteiger partial charge in [-0.2, -0.15) is 0 Å². The van der Waals surface area contributed by atoms with Crippen LogP contribution in [0.5, 0.6) is 0 Å². The fraction of sp³-hybridized carbons (Fsp3) is 0.950. The van der Waals surface area contributed by atoms with Crippen LogP contribution in [0.1, 0.15) is 58.3 Å². The highest BCUT2D eigenvalue weighted by Gasteiger charge is 2.18. The van der Waals surface area contributed by atoms with Crippen molar-refractivity contribution in [2.75, 3.05) is 59.4 Å². The summed E-state index contributed by atoms with van der Waals surface area (Å²) in [6, 6.07) is 0. The average Bonchev–Trinajstić information content (AvgIpc) is 2.91. The molecule has 0 aromatic rings. The lowest BCUT2D eigenvalue weighted by Gasteiger charge is -2.32. The van der Waals surface area contributed by atoms with Gasteiger partial charge in [-0.05, 0) is 83.7 Å². The zero-order chi connectivity index (χ0) is 17.7. The van der Waals surface area contributed by atoms with Crippen molar-refractivity contribution in [1.29, 1.82) is 0 Å². The summed E-state index contributed by atoms with van der Waals surface area (Å²) >= 11 is 0. The second-order valence-corrected chi connectivity index (χ2v) is 7.77. The Morgan fingerprint density at radius 2 is 1.60 bits per heavy atom. The molecule has 146 valence electrons. The van der Waals surface area contributed by atoms with E-state index in [-0.39, 0.29) is 0 Å². The molecule has 0 aromatic carbocycles. The molecule has 2 rings (SSSR count). The summed E-state index contributed by atoms with van der Waals surface area (Å²) in [7, 11) is 1.88. The summed E-state index contributed by atoms with van der Waals surface area (Å²) in [4.78, 5) is 9.62. The number of hydrogen-bond acceptors (Lipinski definition) is 3. The third-order valence-corrected chi connectivity index (χ3v) is 5.67. The quantitative estimate of drug-likeness (QED) is 0.401. The van der Waals surface area contributed by atoms with E-state index in [9.17, 15) is 0 Å². The molecule has 2 fully saturated rings. The van der Waals surface area contributed by atoms with Crippen molar-refractivity contribution in [3.8, 4) is 0 Å². The molecular formula is C20H41N5. The molecule has 0 bridgehead atoms. The van der Waals surface area contributed by atoms with E-state index in [2.05, 4.69) is 32.3 Å². The van der Waals surface area contributed by atoms with E-state index in [4.69, 9.17) is 0 Å². The fourth-order valence-corrected chi connectivity index (χ4v) is 4.06. The molecule has 2 heterocycles. The number of piperidine rings is 1. The zero-order valence-corrected chi connectivity index (χ0v) is 16.7. The standard InChI is InChI=1S/C20H41N5/c1-3-12-24-16-9-19(10-17-24)18-23-20(21-2)22-11-8-15-25-13-6-4-5-7-14-25/h19H,3-18H2,1-2H3,(H2,21,22,23). The minimum absolute atomic E-state index is 0.795. The van der Waals surface area contributed by atoms with E-state index < -0.39 is 0 Å². The van der Waals surface area contributed by atoms with E-state index in [0.717, 1.165) is 25.0 Å². The third kappa shape index (κ3) is 8.41. The van der Waals surface area contributed by atoms with E-state index in [1.165, 1.54) is 90.6 Å². The normalized spacial score (nSPS) is 21.9. The highest BCUT2D eigenvalue weighted by atomic mass is 15.2. The van der Waals surface area contributed by atoms with E-state index in [1.807, 2.05) is 7.05 Å². The predicted molar refractivity (Wildman–Crippen MR) is 108 cm³/mol. The van der Waals surface area contributed by atoms with Crippen LogP contribution >= 0.6 is 0 Å². The monoisotopic (exact) mass is 351 g/mol. The first-order valence-corrected chi connectivity index (χ1v) is 10.7. The van der Waals surface area contributed by atoms with E-state index in [0.29, 0.717) is 0 Å². The van der Waals surface area contributed by atoms with Gasteiger partial charge < -0.3 is 20.4 Å². The molecule has 0 spiro atoms. The van der Waals surface area contributed by atoms with Crippen molar-refractivity contribution in [2.45, 2.75) is 58.3 Å². The van der Waals surface area contributed by atoms with Gasteiger partial charge in [-0.1, -0.05) is 19.8 Å². The van der Waals surface area contributed by atoms with Crippen molar-refractivity contribution in [2.24, 2.45) is 10.9 Å². The maximum absolute atomic E-state index is 4.39. The number of likely N-dealkylation sites (tertiary alicyclic amines) is 2. The summed E-state index contributed by atoms with van der Waals surface area (Å²) < 4.78 is 0. The van der Waals surface area contributed by atoms with Gasteiger partial charge in [0.1, 0.15) is 0 Å². The fourth-order valence-electron chi connectivity index (χ4n) is 4.06. The SMILES string of the molecule is CCCN1CCC(CNC(=NC)NCCCN2CCCCCC2)CC1. The smallest absolute Gasteiger partial charge is 0.190 e. The van der Waals surface area contributed by atoms with Crippen molar-refractivity contribution < 1.29 is 0 Å². The van der Waals surface area contributed by atoms with Gasteiger partial charge in [-0.25, -0.2) is 0 Å². The number of nitrogens with one attached hydrogen (secondary N) is 2. The lowest BCUT2D eigenvalue weighted by molar-refractivity contribution is 0.185. The number of aliphatic imine (C=N–C) groups is 1. The summed E-state index contributed by atoms with van der Waals surface area (Å²) in [5.74, 6) is 1.77. The van der Waals surface area contributed by atoms with Gasteiger partial charge >= 0.3 is 0 Å². The molecule has 0 aromatic heterocycles. The van der Waals surface area contributed by atoms with Gasteiger partial charge in [0, 0.05) is 20.1 Å². The summed E-state index contributed by atoms with van der Waals surface area (Å²) in [6.45, 7) is 12.0. The van der Waals surface area contributed by atoms with Gasteiger partial charge in [0.15, 0.2) is 5.96 Å². The Hall–Kier alpha value is -0.810. The molecule has 25 heavy (non-hydrogen) atoms. The summed E-state index contributed by atoms with van der Waals surface area (Å²) in [6.07, 6.45) is 10.7. The predicted octanol–water partition coefficient (Wildman–Crippen LogP) is 2.54. The van der Waals surface area contributed by atoms with Crippen molar-refractivity contribution >= 4 is 5.96 Å². The molecule has 0 unspecified atom stereocenters. The van der Waals surface area contributed by atoms with Crippen LogP contribution in [0.15, 0.2) is 4.99 Å². The van der Waals surface area contributed by atoms with Crippen LogP contribution in [-0.2, 0) is 0 Å². The second kappa shape index (κ2) is 12.5. The molecule has 2 aliphatic rings. The molecule has 0 radical (unpaired) electrons. The molecule has 0 saturated carbocycles. The van der Waals surface area contributed by atoms with Gasteiger partial charge in [0.05, 0.1) is 0 Å². The lowest BCUT2D eigenvalue weighted by atomic mass is 9.97. The molecule has 0 atom stereocenters. The van der Waals surface area contributed by atoms with Crippen LogP contribution in [0.4, 0.5) is 0 Å². The number of guanidine groups is 1. The third-order valence-electron chi connectivity index (χ3n) is 5.67. The molecule has 2 aliphatic heterocycles. The maximum atomic E-state index is 4.39. The number of rotatable bonds is 8. The minimum Gasteiger partial charge on any atom is -0.356 e. The molecule has 2 N–H and O–H groups in total. The van der Waals surface area contributed by atoms with Crippen molar-refractivity contribution in [3.05, 3.63) is 0 Å². The van der Waals surface area contributed by atoms with Crippen LogP contribution in [0.3, 0.4) is 0 Å². The lowest BCUT2D eigenvalue weighted by Crippen LogP contribution is -2.43. The van der Waals surface area contributed by atoms with Gasteiger partial charge in [-0.3, -0.25) is 4.99 Å². The minimum atomic E-state index is 0.795. The largest absolute Gasteiger partial charge is 0.356 e. The van der Waals surface area contributed by atoms with Gasteiger partial charge in [-0.15, -0.1) is 0 Å².